The van der Waals surface area contributed by atoms with Crippen LogP contribution in [0.15, 0.2) is 18.2 Å². The molecule has 1 aromatic carbocycles. The second-order valence-corrected chi connectivity index (χ2v) is 14.8. The molecule has 0 aliphatic rings. The van der Waals surface area contributed by atoms with Crippen LogP contribution >= 0.6 is 0 Å². The summed E-state index contributed by atoms with van der Waals surface area (Å²) in [5, 5.41) is 23.9. The van der Waals surface area contributed by atoms with Crippen LogP contribution in [0.4, 0.5) is 0 Å². The van der Waals surface area contributed by atoms with Crippen LogP contribution < -0.4 is 15.8 Å². The van der Waals surface area contributed by atoms with E-state index in [1.54, 1.807) is 0 Å². The van der Waals surface area contributed by atoms with Gasteiger partial charge >= 0.3 is 0 Å². The number of carbonyl (C=O) groups is 1. The maximum absolute atomic E-state index is 12.3. The van der Waals surface area contributed by atoms with Crippen molar-refractivity contribution >= 4 is 15.7 Å². The van der Waals surface area contributed by atoms with E-state index in [1.807, 2.05) is 19.1 Å². The molecule has 0 aromatic heterocycles. The summed E-state index contributed by atoms with van der Waals surface area (Å²) in [6.07, 6.45) is 2.78. The predicted octanol–water partition coefficient (Wildman–Crippen LogP) is 3.60. The third-order valence-corrected chi connectivity index (χ3v) is 8.15. The molecule has 0 spiro atoms. The van der Waals surface area contributed by atoms with Crippen molar-refractivity contribution < 1.29 is 28.2 Å². The fraction of sp³-hybridized carbons (Fsp3) is 0.767. The number of carbonyl (C=O) groups excluding carboxylic acids is 1. The maximum atomic E-state index is 12.3. The predicted molar refractivity (Wildman–Crippen MR) is 159 cm³/mol. The van der Waals surface area contributed by atoms with Gasteiger partial charge in [0, 0.05) is 24.8 Å². The molecule has 0 heterocycles. The van der Waals surface area contributed by atoms with E-state index >= 15 is 0 Å². The van der Waals surface area contributed by atoms with Gasteiger partial charge in [0.1, 0.15) is 28.3 Å². The number of aliphatic hydroxyl groups is 2. The molecular weight excluding hydrogens is 516 g/mol. The highest BCUT2D eigenvalue weighted by Crippen LogP contribution is 2.34. The zero-order chi connectivity index (χ0) is 30.0. The lowest BCUT2D eigenvalue weighted by molar-refractivity contribution is -0.125. The number of nitrogens with two attached hydrogens (primary N) is 1. The Bertz CT molecular complexity index is 990. The number of benzene rings is 1. The number of sulfone groups is 1. The first kappa shape index (κ1) is 35.3. The first-order valence-corrected chi connectivity index (χ1v) is 16.3. The quantitative estimate of drug-likeness (QED) is 0.210. The second-order valence-electron chi connectivity index (χ2n) is 12.6. The Hall–Kier alpha value is -1.68. The van der Waals surface area contributed by atoms with Crippen LogP contribution in [0.3, 0.4) is 0 Å². The Kier molecular flexibility index (Phi) is 14.4. The van der Waals surface area contributed by atoms with Crippen LogP contribution in [0.2, 0.25) is 0 Å². The van der Waals surface area contributed by atoms with Gasteiger partial charge in [-0.05, 0) is 60.1 Å². The molecule has 0 aliphatic heterocycles. The summed E-state index contributed by atoms with van der Waals surface area (Å²) in [4.78, 5) is 12.3. The Morgan fingerprint density at radius 3 is 2.31 bits per heavy atom. The fourth-order valence-corrected chi connectivity index (χ4v) is 5.42. The Balaban J connectivity index is 2.95. The number of amides is 1. The third kappa shape index (κ3) is 13.5. The van der Waals surface area contributed by atoms with Gasteiger partial charge in [0.05, 0.1) is 11.9 Å². The molecule has 0 saturated heterocycles. The lowest BCUT2D eigenvalue weighted by Gasteiger charge is -2.29. The summed E-state index contributed by atoms with van der Waals surface area (Å²) in [6, 6.07) is 5.60. The minimum atomic E-state index is -3.32. The minimum Gasteiger partial charge on any atom is -0.491 e. The first-order valence-electron chi connectivity index (χ1n) is 14.3. The summed E-state index contributed by atoms with van der Waals surface area (Å²) in [5.41, 5.74) is 8.24. The van der Waals surface area contributed by atoms with Crippen LogP contribution in [0.1, 0.15) is 85.3 Å². The van der Waals surface area contributed by atoms with Crippen LogP contribution in [0.5, 0.6) is 5.75 Å². The van der Waals surface area contributed by atoms with Crippen molar-refractivity contribution in [2.45, 2.75) is 104 Å². The molecule has 1 amide bonds. The van der Waals surface area contributed by atoms with E-state index in [-0.39, 0.29) is 35.5 Å². The topological polar surface area (TPSA) is 139 Å². The molecule has 39 heavy (non-hydrogen) atoms. The summed E-state index contributed by atoms with van der Waals surface area (Å²) < 4.78 is 29.0. The molecule has 0 fully saturated rings. The molecule has 0 aliphatic carbocycles. The summed E-state index contributed by atoms with van der Waals surface area (Å²) in [5.74, 6) is 0.397. The number of nitrogens with one attached hydrogen (secondary N) is 1. The van der Waals surface area contributed by atoms with Gasteiger partial charge in [0.25, 0.3) is 0 Å². The molecule has 0 bridgehead atoms. The number of unbranched alkanes of at least 4 members (excludes halogenated alkanes) is 1. The molecule has 0 saturated carbocycles. The van der Waals surface area contributed by atoms with Crippen molar-refractivity contribution in [3.63, 3.8) is 0 Å². The standard InChI is InChI=1S/C30H54N2O6S/c1-9-10-13-32-29(35)21(4)14-27(34)26(31)17-23(20(2)3)15-22-11-12-25(30(5,6)7)28(16-22)38-18-24(33)19-39(8,36)37/h11-12,16,20-21,23-24,26-27,33-34H,9-10,13-15,17-19,31H2,1-8H3,(H,32,35)/t21-,23+,24+,26+,27+/m1/s1. The van der Waals surface area contributed by atoms with E-state index in [2.05, 4.69) is 52.9 Å². The van der Waals surface area contributed by atoms with Crippen molar-refractivity contribution in [1.29, 1.82) is 0 Å². The van der Waals surface area contributed by atoms with Gasteiger partial charge in [-0.15, -0.1) is 0 Å². The number of hydrogen-bond donors (Lipinski definition) is 4. The van der Waals surface area contributed by atoms with Crippen molar-refractivity contribution in [3.8, 4) is 5.75 Å². The van der Waals surface area contributed by atoms with E-state index in [9.17, 15) is 23.4 Å². The Morgan fingerprint density at radius 1 is 1.13 bits per heavy atom. The molecule has 5 N–H and O–H groups in total. The van der Waals surface area contributed by atoms with Crippen LogP contribution in [0.25, 0.3) is 0 Å². The smallest absolute Gasteiger partial charge is 0.222 e. The maximum Gasteiger partial charge on any atom is 0.222 e. The molecule has 0 unspecified atom stereocenters. The molecule has 5 atom stereocenters. The lowest BCUT2D eigenvalue weighted by atomic mass is 9.81. The van der Waals surface area contributed by atoms with Crippen molar-refractivity contribution in [3.05, 3.63) is 29.3 Å². The van der Waals surface area contributed by atoms with Crippen LogP contribution in [-0.2, 0) is 26.5 Å². The van der Waals surface area contributed by atoms with Gasteiger partial charge in [-0.25, -0.2) is 8.42 Å². The van der Waals surface area contributed by atoms with Gasteiger partial charge in [-0.3, -0.25) is 4.79 Å². The molecule has 8 nitrogen and oxygen atoms in total. The lowest BCUT2D eigenvalue weighted by Crippen LogP contribution is -2.41. The van der Waals surface area contributed by atoms with E-state index < -0.39 is 28.1 Å². The van der Waals surface area contributed by atoms with Crippen LogP contribution in [-0.4, -0.2) is 67.9 Å². The highest BCUT2D eigenvalue weighted by Gasteiger charge is 2.27. The Labute approximate surface area is 237 Å². The highest BCUT2D eigenvalue weighted by atomic mass is 32.2. The van der Waals surface area contributed by atoms with E-state index in [1.165, 1.54) is 0 Å². The number of ether oxygens (including phenoxy) is 1. The zero-order valence-electron chi connectivity index (χ0n) is 25.4. The summed E-state index contributed by atoms with van der Waals surface area (Å²) in [6.45, 7) is 14.9. The molecule has 1 rings (SSSR count). The van der Waals surface area contributed by atoms with Gasteiger partial charge in [-0.2, -0.15) is 0 Å². The summed E-state index contributed by atoms with van der Waals surface area (Å²) >= 11 is 0. The van der Waals surface area contributed by atoms with Crippen LogP contribution in [0, 0.1) is 17.8 Å². The largest absolute Gasteiger partial charge is 0.491 e. The fourth-order valence-electron chi connectivity index (χ4n) is 4.62. The van der Waals surface area contributed by atoms with E-state index in [0.29, 0.717) is 31.1 Å². The first-order chi connectivity index (χ1) is 17.9. The Morgan fingerprint density at radius 2 is 1.77 bits per heavy atom. The van der Waals surface area contributed by atoms with Crippen molar-refractivity contribution in [1.82, 2.24) is 5.32 Å². The average molecular weight is 571 g/mol. The van der Waals surface area contributed by atoms with Crippen molar-refractivity contribution in [2.75, 3.05) is 25.2 Å². The van der Waals surface area contributed by atoms with Gasteiger partial charge in [-0.1, -0.05) is 67.0 Å². The average Bonchev–Trinajstić information content (AvgIpc) is 2.80. The molecule has 0 radical (unpaired) electrons. The summed E-state index contributed by atoms with van der Waals surface area (Å²) in [7, 11) is -3.32. The molecule has 226 valence electrons. The number of hydrogen-bond acceptors (Lipinski definition) is 7. The molecular formula is C30H54N2O6S. The van der Waals surface area contributed by atoms with Gasteiger partial charge in [0.15, 0.2) is 0 Å². The monoisotopic (exact) mass is 570 g/mol. The van der Waals surface area contributed by atoms with Gasteiger partial charge < -0.3 is 26.0 Å². The zero-order valence-corrected chi connectivity index (χ0v) is 26.2. The number of aliphatic hydroxyl groups excluding tert-OH is 2. The highest BCUT2D eigenvalue weighted by molar-refractivity contribution is 7.90. The van der Waals surface area contributed by atoms with Gasteiger partial charge in [0.2, 0.25) is 5.91 Å². The van der Waals surface area contributed by atoms with E-state index in [0.717, 1.165) is 36.6 Å². The van der Waals surface area contributed by atoms with Crippen molar-refractivity contribution in [2.24, 2.45) is 23.5 Å². The molecule has 9 heteroatoms. The third-order valence-electron chi connectivity index (χ3n) is 7.16. The minimum absolute atomic E-state index is 0.0526. The molecule has 1 aromatic rings. The second kappa shape index (κ2) is 15.9. The number of rotatable bonds is 17. The normalized spacial score (nSPS) is 16.4. The SMILES string of the molecule is CCCCNC(=O)[C@H](C)C[C@H](O)[C@@H](N)C[C@H](Cc1ccc(C(C)(C)C)c(OC[C@H](O)CS(C)(=O)=O)c1)C(C)C. The van der Waals surface area contributed by atoms with E-state index in [4.69, 9.17) is 10.5 Å².